The van der Waals surface area contributed by atoms with Gasteiger partial charge in [0.15, 0.2) is 0 Å². The number of carboxylic acids is 1. The molecule has 2 amide bonds. The third kappa shape index (κ3) is 5.50. The number of rotatable bonds is 8. The molecule has 108 valence electrons. The Morgan fingerprint density at radius 1 is 1.26 bits per heavy atom. The number of carbonyl (C=O) groups is 3. The van der Waals surface area contributed by atoms with Crippen LogP contribution in [0.1, 0.15) is 32.1 Å². The summed E-state index contributed by atoms with van der Waals surface area (Å²) in [6.07, 6.45) is 2.64. The van der Waals surface area contributed by atoms with Crippen molar-refractivity contribution in [1.82, 2.24) is 4.90 Å². The number of thioether (sulfide) groups is 1. The van der Waals surface area contributed by atoms with Crippen LogP contribution in [-0.2, 0) is 14.4 Å². The normalized spacial score (nSPS) is 18.5. The maximum absolute atomic E-state index is 11.9. The van der Waals surface area contributed by atoms with Gasteiger partial charge in [-0.05, 0) is 25.0 Å². The second-order valence-electron chi connectivity index (χ2n) is 4.51. The van der Waals surface area contributed by atoms with Gasteiger partial charge in [-0.15, -0.1) is 0 Å². The van der Waals surface area contributed by atoms with Crippen LogP contribution in [0.4, 0.5) is 0 Å². The van der Waals surface area contributed by atoms with Crippen molar-refractivity contribution in [2.75, 3.05) is 18.1 Å². The van der Waals surface area contributed by atoms with Gasteiger partial charge in [0.25, 0.3) is 0 Å². The second-order valence-corrected chi connectivity index (χ2v) is 5.73. The van der Waals surface area contributed by atoms with E-state index in [0.717, 1.165) is 12.2 Å². The zero-order valence-electron chi connectivity index (χ0n) is 10.8. The molecule has 19 heavy (non-hydrogen) atoms. The van der Waals surface area contributed by atoms with E-state index < -0.39 is 17.9 Å². The predicted molar refractivity (Wildman–Crippen MR) is 72.7 cm³/mol. The van der Waals surface area contributed by atoms with Gasteiger partial charge in [0.2, 0.25) is 11.8 Å². The number of aliphatic carboxylic acids is 1. The van der Waals surface area contributed by atoms with Gasteiger partial charge in [0.1, 0.15) is 6.04 Å². The van der Waals surface area contributed by atoms with Crippen LogP contribution in [0, 0.1) is 0 Å². The number of primary amides is 1. The van der Waals surface area contributed by atoms with E-state index in [-0.39, 0.29) is 12.3 Å². The Morgan fingerprint density at radius 2 is 2.00 bits per heavy atom. The molecule has 1 aliphatic heterocycles. The van der Waals surface area contributed by atoms with Crippen LogP contribution < -0.4 is 5.73 Å². The van der Waals surface area contributed by atoms with Gasteiger partial charge in [-0.25, -0.2) is 0 Å². The molecule has 6 nitrogen and oxygen atoms in total. The van der Waals surface area contributed by atoms with Crippen LogP contribution in [0.2, 0.25) is 0 Å². The molecule has 7 heteroatoms. The summed E-state index contributed by atoms with van der Waals surface area (Å²) in [4.78, 5) is 34.9. The highest BCUT2D eigenvalue weighted by Crippen LogP contribution is 2.18. The fraction of sp³-hybridized carbons (Fsp3) is 0.750. The van der Waals surface area contributed by atoms with Crippen LogP contribution >= 0.6 is 11.8 Å². The average molecular weight is 288 g/mol. The molecule has 1 heterocycles. The smallest absolute Gasteiger partial charge is 0.303 e. The summed E-state index contributed by atoms with van der Waals surface area (Å²) in [6.45, 7) is 0.607. The molecule has 0 radical (unpaired) electrons. The zero-order chi connectivity index (χ0) is 14.3. The molecule has 1 aliphatic rings. The molecule has 0 aliphatic carbocycles. The van der Waals surface area contributed by atoms with Gasteiger partial charge in [0, 0.05) is 25.1 Å². The summed E-state index contributed by atoms with van der Waals surface area (Å²) in [5.74, 6) is 0.129. The molecule has 0 aromatic rings. The molecule has 0 bridgehead atoms. The number of carboxylic acid groups (broad SMARTS) is 1. The van der Waals surface area contributed by atoms with Crippen LogP contribution in [0.3, 0.4) is 0 Å². The zero-order valence-corrected chi connectivity index (χ0v) is 11.7. The Balaban J connectivity index is 2.17. The first-order valence-electron chi connectivity index (χ1n) is 6.40. The van der Waals surface area contributed by atoms with Crippen molar-refractivity contribution in [3.8, 4) is 0 Å². The van der Waals surface area contributed by atoms with Crippen LogP contribution in [0.5, 0.6) is 0 Å². The first-order valence-corrected chi connectivity index (χ1v) is 7.56. The summed E-state index contributed by atoms with van der Waals surface area (Å²) >= 11 is 1.56. The molecule has 0 aromatic heterocycles. The minimum Gasteiger partial charge on any atom is -0.481 e. The molecule has 0 saturated carbocycles. The van der Waals surface area contributed by atoms with Gasteiger partial charge in [-0.1, -0.05) is 0 Å². The summed E-state index contributed by atoms with van der Waals surface area (Å²) < 4.78 is 0. The van der Waals surface area contributed by atoms with Crippen LogP contribution in [0.15, 0.2) is 0 Å². The maximum atomic E-state index is 11.9. The van der Waals surface area contributed by atoms with Crippen molar-refractivity contribution >= 4 is 29.5 Å². The number of nitrogens with zero attached hydrogens (tertiary/aromatic N) is 1. The van der Waals surface area contributed by atoms with Crippen molar-refractivity contribution < 1.29 is 19.5 Å². The van der Waals surface area contributed by atoms with Crippen molar-refractivity contribution in [1.29, 1.82) is 0 Å². The van der Waals surface area contributed by atoms with Crippen LogP contribution in [0.25, 0.3) is 0 Å². The summed E-state index contributed by atoms with van der Waals surface area (Å²) in [7, 11) is 0. The van der Waals surface area contributed by atoms with Crippen LogP contribution in [-0.4, -0.2) is 51.9 Å². The molecule has 1 atom stereocenters. The molecule has 1 rings (SSSR count). The minimum atomic E-state index is -0.793. The lowest BCUT2D eigenvalue weighted by molar-refractivity contribution is -0.137. The quantitative estimate of drug-likeness (QED) is 0.632. The molecule has 0 aromatic carbocycles. The van der Waals surface area contributed by atoms with E-state index in [1.165, 1.54) is 0 Å². The van der Waals surface area contributed by atoms with Crippen molar-refractivity contribution in [3.05, 3.63) is 0 Å². The van der Waals surface area contributed by atoms with E-state index >= 15 is 0 Å². The lowest BCUT2D eigenvalue weighted by atomic mass is 10.2. The highest BCUT2D eigenvalue weighted by atomic mass is 32.2. The highest BCUT2D eigenvalue weighted by molar-refractivity contribution is 7.99. The lowest BCUT2D eigenvalue weighted by Gasteiger charge is -2.22. The Morgan fingerprint density at radius 3 is 2.63 bits per heavy atom. The third-order valence-corrected chi connectivity index (χ3v) is 4.11. The van der Waals surface area contributed by atoms with E-state index in [1.807, 2.05) is 0 Å². The van der Waals surface area contributed by atoms with Gasteiger partial charge in [-0.3, -0.25) is 14.4 Å². The minimum absolute atomic E-state index is 0.0352. The highest BCUT2D eigenvalue weighted by Gasteiger charge is 2.31. The standard InChI is InChI=1S/C12H20N2O4S/c13-12(18)9-3-1-6-14(9)10(15)5-8-19-7-2-4-11(16)17/h9H,1-8H2,(H2,13,18)(H,16,17)/t9-/m0/s1. The monoisotopic (exact) mass is 288 g/mol. The first-order chi connectivity index (χ1) is 9.02. The first kappa shape index (κ1) is 15.8. The molecular weight excluding hydrogens is 268 g/mol. The van der Waals surface area contributed by atoms with Gasteiger partial charge < -0.3 is 15.7 Å². The third-order valence-electron chi connectivity index (χ3n) is 3.04. The summed E-state index contributed by atoms with van der Waals surface area (Å²) in [5, 5.41) is 8.47. The van der Waals surface area contributed by atoms with Gasteiger partial charge in [-0.2, -0.15) is 11.8 Å². The van der Waals surface area contributed by atoms with Gasteiger partial charge in [0.05, 0.1) is 0 Å². The number of nitrogens with two attached hydrogens (primary N) is 1. The Bertz CT molecular complexity index is 349. The number of amides is 2. The number of hydrogen-bond acceptors (Lipinski definition) is 4. The van der Waals surface area contributed by atoms with E-state index in [9.17, 15) is 14.4 Å². The molecule has 0 unspecified atom stereocenters. The molecule has 1 saturated heterocycles. The fourth-order valence-corrected chi connectivity index (χ4v) is 2.96. The van der Waals surface area contributed by atoms with Crippen molar-refractivity contribution in [2.45, 2.75) is 38.1 Å². The molecule has 3 N–H and O–H groups in total. The van der Waals surface area contributed by atoms with E-state index in [0.29, 0.717) is 31.6 Å². The number of likely N-dealkylation sites (tertiary alicyclic amines) is 1. The average Bonchev–Trinajstić information content (AvgIpc) is 2.82. The number of hydrogen-bond donors (Lipinski definition) is 2. The second kappa shape index (κ2) is 8.04. The molecule has 1 fully saturated rings. The maximum Gasteiger partial charge on any atom is 0.303 e. The Labute approximate surface area is 116 Å². The largest absolute Gasteiger partial charge is 0.481 e. The predicted octanol–water partition coefficient (Wildman–Crippen LogP) is 0.451. The van der Waals surface area contributed by atoms with E-state index in [1.54, 1.807) is 16.7 Å². The van der Waals surface area contributed by atoms with Crippen molar-refractivity contribution in [3.63, 3.8) is 0 Å². The molecule has 0 spiro atoms. The topological polar surface area (TPSA) is 101 Å². The lowest BCUT2D eigenvalue weighted by Crippen LogP contribution is -2.43. The van der Waals surface area contributed by atoms with Gasteiger partial charge >= 0.3 is 5.97 Å². The van der Waals surface area contributed by atoms with E-state index in [4.69, 9.17) is 10.8 Å². The molecular formula is C12H20N2O4S. The summed E-state index contributed by atoms with van der Waals surface area (Å²) in [5.41, 5.74) is 5.26. The number of carbonyl (C=O) groups excluding carboxylic acids is 2. The fourth-order valence-electron chi connectivity index (χ4n) is 2.09. The van der Waals surface area contributed by atoms with Crippen molar-refractivity contribution in [2.24, 2.45) is 5.73 Å². The Kier molecular flexibility index (Phi) is 6.69. The van der Waals surface area contributed by atoms with E-state index in [2.05, 4.69) is 0 Å². The Hall–Kier alpha value is -1.24. The summed E-state index contributed by atoms with van der Waals surface area (Å²) in [6, 6.07) is -0.440. The SMILES string of the molecule is NC(=O)[C@@H]1CCCN1C(=O)CCSCCCC(=O)O.